The van der Waals surface area contributed by atoms with Gasteiger partial charge in [-0.25, -0.2) is 4.79 Å². The Balaban J connectivity index is 1.29. The summed E-state index contributed by atoms with van der Waals surface area (Å²) in [6.07, 6.45) is 1.79. The molecule has 1 aliphatic rings. The molecule has 4 heterocycles. The van der Waals surface area contributed by atoms with E-state index in [2.05, 4.69) is 24.8 Å². The largest absolute Gasteiger partial charge is 0.371 e. The first-order chi connectivity index (χ1) is 18.2. The van der Waals surface area contributed by atoms with Crippen LogP contribution in [0.15, 0.2) is 41.3 Å². The number of benzene rings is 1. The van der Waals surface area contributed by atoms with Gasteiger partial charge in [0.25, 0.3) is 0 Å². The lowest BCUT2D eigenvalue weighted by Crippen LogP contribution is -2.28. The number of imidazole rings is 1. The lowest BCUT2D eigenvalue weighted by atomic mass is 10.0. The fourth-order valence-electron chi connectivity index (χ4n) is 5.07. The number of likely N-dealkylation sites (tertiary alicyclic amines) is 1. The first-order valence-electron chi connectivity index (χ1n) is 12.8. The number of nitrogens with zero attached hydrogens (tertiary/aromatic N) is 6. The number of alkyl halides is 2. The first kappa shape index (κ1) is 26.3. The average Bonchev–Trinajstić information content (AvgIpc) is 3.44. The molecule has 202 valence electrons. The Morgan fingerprint density at radius 1 is 1.11 bits per heavy atom. The summed E-state index contributed by atoms with van der Waals surface area (Å²) in [5, 5.41) is 9.49. The van der Waals surface area contributed by atoms with Crippen LogP contribution in [0.4, 0.5) is 8.78 Å². The number of hydrogen-bond donors (Lipinski definition) is 0. The molecule has 0 saturated carbocycles. The fourth-order valence-corrected chi connectivity index (χ4v) is 5.07. The lowest BCUT2D eigenvalue weighted by Gasteiger charge is -2.18. The summed E-state index contributed by atoms with van der Waals surface area (Å²) in [5.74, 6) is 0. The summed E-state index contributed by atoms with van der Waals surface area (Å²) in [5.41, 5.74) is 4.63. The highest BCUT2D eigenvalue weighted by Gasteiger charge is 2.25. The number of pyridine rings is 1. The standard InChI is InChI=1S/C27H32F2N6O3/c1-16(2)35-24-21-13-18(5-8-23(21)31-32-25(24)33(4)27(35)36)19-6-7-22(30-14-19)17(3)37-12-11-34-10-9-20(15-34)38-26(28)29/h5-8,13-14,16-17,20,26H,9-12,15H2,1-4H3/t17-,20+/m1/s1. The smallest absolute Gasteiger partial charge is 0.345 e. The van der Waals surface area contributed by atoms with Crippen molar-refractivity contribution in [1.82, 2.24) is 29.2 Å². The minimum atomic E-state index is -2.73. The zero-order valence-corrected chi connectivity index (χ0v) is 22.0. The van der Waals surface area contributed by atoms with E-state index in [0.717, 1.165) is 39.8 Å². The monoisotopic (exact) mass is 526 g/mol. The molecule has 5 rings (SSSR count). The SMILES string of the molecule is CC(C)n1c(=O)n(C)c2nnc3ccc(-c4ccc([C@@H](C)OCCN5CC[C@H](OC(F)F)C5)nc4)cc3c21. The summed E-state index contributed by atoms with van der Waals surface area (Å²) in [6.45, 7) is 5.52. The van der Waals surface area contributed by atoms with E-state index >= 15 is 0 Å². The molecule has 1 fully saturated rings. The van der Waals surface area contributed by atoms with Crippen molar-refractivity contribution in [2.75, 3.05) is 26.2 Å². The third kappa shape index (κ3) is 5.18. The summed E-state index contributed by atoms with van der Waals surface area (Å²) >= 11 is 0. The van der Waals surface area contributed by atoms with E-state index in [0.29, 0.717) is 31.8 Å². The van der Waals surface area contributed by atoms with Crippen molar-refractivity contribution in [3.8, 4) is 11.1 Å². The Morgan fingerprint density at radius 3 is 2.61 bits per heavy atom. The van der Waals surface area contributed by atoms with Gasteiger partial charge in [0, 0.05) is 49.9 Å². The van der Waals surface area contributed by atoms with Crippen LogP contribution in [0.25, 0.3) is 33.2 Å². The van der Waals surface area contributed by atoms with Crippen LogP contribution in [0.5, 0.6) is 0 Å². The molecule has 0 bridgehead atoms. The minimum Gasteiger partial charge on any atom is -0.371 e. The molecule has 3 aromatic heterocycles. The molecule has 38 heavy (non-hydrogen) atoms. The van der Waals surface area contributed by atoms with E-state index in [1.54, 1.807) is 11.6 Å². The van der Waals surface area contributed by atoms with Crippen LogP contribution in [-0.2, 0) is 16.5 Å². The Labute approximate surface area is 219 Å². The van der Waals surface area contributed by atoms with Crippen LogP contribution >= 0.6 is 0 Å². The number of aryl methyl sites for hydroxylation is 1. The lowest BCUT2D eigenvalue weighted by molar-refractivity contribution is -0.158. The second kappa shape index (κ2) is 10.8. The maximum absolute atomic E-state index is 12.8. The van der Waals surface area contributed by atoms with Gasteiger partial charge in [0.05, 0.1) is 30.0 Å². The van der Waals surface area contributed by atoms with E-state index in [4.69, 9.17) is 4.74 Å². The third-order valence-corrected chi connectivity index (χ3v) is 7.12. The normalized spacial score (nSPS) is 17.4. The molecule has 0 aliphatic carbocycles. The molecule has 2 atom stereocenters. The van der Waals surface area contributed by atoms with Crippen molar-refractivity contribution in [3.63, 3.8) is 0 Å². The quantitative estimate of drug-likeness (QED) is 0.321. The number of ether oxygens (including phenoxy) is 2. The minimum absolute atomic E-state index is 0.0254. The van der Waals surface area contributed by atoms with Crippen molar-refractivity contribution in [2.45, 2.75) is 52.1 Å². The Hall–Kier alpha value is -3.28. The molecule has 9 nitrogen and oxygen atoms in total. The van der Waals surface area contributed by atoms with Crippen molar-refractivity contribution >= 4 is 22.1 Å². The van der Waals surface area contributed by atoms with Crippen molar-refractivity contribution in [1.29, 1.82) is 0 Å². The van der Waals surface area contributed by atoms with E-state index in [1.807, 2.05) is 57.3 Å². The number of fused-ring (bicyclic) bond motifs is 3. The van der Waals surface area contributed by atoms with E-state index in [-0.39, 0.29) is 17.8 Å². The summed E-state index contributed by atoms with van der Waals surface area (Å²) in [7, 11) is 1.71. The molecule has 0 unspecified atom stereocenters. The van der Waals surface area contributed by atoms with E-state index in [1.165, 1.54) is 4.57 Å². The van der Waals surface area contributed by atoms with Crippen molar-refractivity contribution in [2.24, 2.45) is 7.05 Å². The third-order valence-electron chi connectivity index (χ3n) is 7.12. The van der Waals surface area contributed by atoms with Crippen LogP contribution in [-0.4, -0.2) is 68.2 Å². The van der Waals surface area contributed by atoms with Gasteiger partial charge in [-0.1, -0.05) is 12.1 Å². The van der Waals surface area contributed by atoms with Gasteiger partial charge >= 0.3 is 12.3 Å². The average molecular weight is 527 g/mol. The molecule has 0 amide bonds. The fraction of sp³-hybridized carbons (Fsp3) is 0.481. The summed E-state index contributed by atoms with van der Waals surface area (Å²) in [4.78, 5) is 19.5. The molecule has 1 saturated heterocycles. The molecular formula is C27H32F2N6O3. The van der Waals surface area contributed by atoms with Gasteiger partial charge in [-0.3, -0.25) is 19.0 Å². The highest BCUT2D eigenvalue weighted by atomic mass is 19.3. The second-order valence-electron chi connectivity index (χ2n) is 10.0. The van der Waals surface area contributed by atoms with Gasteiger partial charge < -0.3 is 9.47 Å². The predicted molar refractivity (Wildman–Crippen MR) is 140 cm³/mol. The Morgan fingerprint density at radius 2 is 1.89 bits per heavy atom. The zero-order valence-electron chi connectivity index (χ0n) is 22.0. The predicted octanol–water partition coefficient (Wildman–Crippen LogP) is 4.32. The van der Waals surface area contributed by atoms with Crippen LogP contribution in [0.1, 0.15) is 45.0 Å². The van der Waals surface area contributed by atoms with Gasteiger partial charge in [0.2, 0.25) is 0 Å². The maximum atomic E-state index is 12.8. The number of halogens is 2. The van der Waals surface area contributed by atoms with Crippen LogP contribution in [0, 0.1) is 0 Å². The van der Waals surface area contributed by atoms with E-state index < -0.39 is 12.7 Å². The summed E-state index contributed by atoms with van der Waals surface area (Å²) in [6, 6.07) is 9.84. The maximum Gasteiger partial charge on any atom is 0.345 e. The molecule has 0 radical (unpaired) electrons. The highest BCUT2D eigenvalue weighted by Crippen LogP contribution is 2.29. The number of aromatic nitrogens is 5. The van der Waals surface area contributed by atoms with Crippen molar-refractivity contribution in [3.05, 3.63) is 52.7 Å². The first-order valence-corrected chi connectivity index (χ1v) is 12.8. The Kier molecular flexibility index (Phi) is 7.51. The van der Waals surface area contributed by atoms with Gasteiger partial charge in [0.1, 0.15) is 5.52 Å². The zero-order chi connectivity index (χ0) is 27.0. The Bertz CT molecular complexity index is 1480. The van der Waals surface area contributed by atoms with Gasteiger partial charge in [-0.2, -0.15) is 8.78 Å². The topological polar surface area (TPSA) is 87.3 Å². The molecular weight excluding hydrogens is 494 g/mol. The van der Waals surface area contributed by atoms with E-state index in [9.17, 15) is 13.6 Å². The second-order valence-corrected chi connectivity index (χ2v) is 10.0. The van der Waals surface area contributed by atoms with Gasteiger partial charge in [0.15, 0.2) is 5.65 Å². The molecule has 4 aromatic rings. The molecule has 1 aromatic carbocycles. The molecule has 1 aliphatic heterocycles. The van der Waals surface area contributed by atoms with Crippen molar-refractivity contribution < 1.29 is 18.3 Å². The number of rotatable bonds is 9. The van der Waals surface area contributed by atoms with Crippen LogP contribution in [0.3, 0.4) is 0 Å². The van der Waals surface area contributed by atoms with Gasteiger partial charge in [-0.05, 0) is 51.0 Å². The van der Waals surface area contributed by atoms with Crippen LogP contribution in [0.2, 0.25) is 0 Å². The highest BCUT2D eigenvalue weighted by molar-refractivity contribution is 6.02. The molecule has 0 N–H and O–H groups in total. The van der Waals surface area contributed by atoms with Crippen LogP contribution < -0.4 is 5.69 Å². The number of hydrogen-bond acceptors (Lipinski definition) is 7. The summed E-state index contributed by atoms with van der Waals surface area (Å²) < 4.78 is 38.6. The molecule has 0 spiro atoms. The van der Waals surface area contributed by atoms with Gasteiger partial charge in [-0.15, -0.1) is 10.2 Å². The molecule has 11 heteroatoms.